The quantitative estimate of drug-likeness (QED) is 0.822. The molecule has 0 radical (unpaired) electrons. The van der Waals surface area contributed by atoms with Crippen LogP contribution >= 0.6 is 0 Å². The van der Waals surface area contributed by atoms with Crippen molar-refractivity contribution < 1.29 is 9.59 Å². The third-order valence-electron chi connectivity index (χ3n) is 3.45. The van der Waals surface area contributed by atoms with Crippen LogP contribution in [0.1, 0.15) is 22.8 Å². The van der Waals surface area contributed by atoms with E-state index in [1.807, 2.05) is 49.2 Å². The van der Waals surface area contributed by atoms with Crippen LogP contribution < -0.4 is 10.6 Å². The monoisotopic (exact) mass is 325 g/mol. The Morgan fingerprint density at radius 3 is 2.50 bits per heavy atom. The highest BCUT2D eigenvalue weighted by Crippen LogP contribution is 2.11. The van der Waals surface area contributed by atoms with Gasteiger partial charge in [0.1, 0.15) is 0 Å². The van der Waals surface area contributed by atoms with Gasteiger partial charge in [-0.3, -0.25) is 14.5 Å². The van der Waals surface area contributed by atoms with E-state index in [-0.39, 0.29) is 18.4 Å². The van der Waals surface area contributed by atoms with Gasteiger partial charge in [-0.25, -0.2) is 0 Å². The van der Waals surface area contributed by atoms with Gasteiger partial charge in [-0.1, -0.05) is 36.4 Å². The Balaban J connectivity index is 1.90. The van der Waals surface area contributed by atoms with E-state index < -0.39 is 0 Å². The Bertz CT molecular complexity index is 686. The highest BCUT2D eigenvalue weighted by Gasteiger charge is 2.09. The normalized spacial score (nSPS) is 10.5. The number of hydrogen-bond acceptors (Lipinski definition) is 3. The standard InChI is InChI=1S/C19H23N3O2/c1-3-20-19(24)16-10-7-11-17(12-16)21-18(23)14-22(2)13-15-8-5-4-6-9-15/h4-12H,3,13-14H2,1-2H3,(H,20,24)(H,21,23). The highest BCUT2D eigenvalue weighted by molar-refractivity contribution is 5.97. The van der Waals surface area contributed by atoms with Crippen molar-refractivity contribution >= 4 is 17.5 Å². The zero-order valence-electron chi connectivity index (χ0n) is 14.1. The zero-order chi connectivity index (χ0) is 17.4. The Hall–Kier alpha value is -2.66. The molecule has 0 saturated heterocycles. The first-order valence-corrected chi connectivity index (χ1v) is 7.99. The maximum Gasteiger partial charge on any atom is 0.251 e. The van der Waals surface area contributed by atoms with Crippen LogP contribution in [-0.4, -0.2) is 36.9 Å². The molecule has 0 bridgehead atoms. The molecule has 2 rings (SSSR count). The molecule has 5 nitrogen and oxygen atoms in total. The molecule has 0 atom stereocenters. The molecule has 0 aromatic heterocycles. The van der Waals surface area contributed by atoms with Crippen LogP contribution in [0.3, 0.4) is 0 Å². The summed E-state index contributed by atoms with van der Waals surface area (Å²) in [4.78, 5) is 25.9. The van der Waals surface area contributed by atoms with Crippen LogP contribution in [0.4, 0.5) is 5.69 Å². The van der Waals surface area contributed by atoms with Crippen molar-refractivity contribution in [2.24, 2.45) is 0 Å². The van der Waals surface area contributed by atoms with Gasteiger partial charge in [0.2, 0.25) is 5.91 Å². The first-order chi connectivity index (χ1) is 11.6. The second-order valence-corrected chi connectivity index (χ2v) is 5.65. The number of carbonyl (C=O) groups is 2. The smallest absolute Gasteiger partial charge is 0.251 e. The van der Waals surface area contributed by atoms with E-state index in [0.29, 0.717) is 24.3 Å². The van der Waals surface area contributed by atoms with Crippen molar-refractivity contribution in [1.29, 1.82) is 0 Å². The van der Waals surface area contributed by atoms with E-state index >= 15 is 0 Å². The molecule has 24 heavy (non-hydrogen) atoms. The van der Waals surface area contributed by atoms with Gasteiger partial charge in [0.25, 0.3) is 5.91 Å². The predicted molar refractivity (Wildman–Crippen MR) is 95.9 cm³/mol. The van der Waals surface area contributed by atoms with E-state index in [4.69, 9.17) is 0 Å². The van der Waals surface area contributed by atoms with Crippen molar-refractivity contribution in [3.05, 3.63) is 65.7 Å². The molecule has 2 amide bonds. The second-order valence-electron chi connectivity index (χ2n) is 5.65. The fraction of sp³-hybridized carbons (Fsp3) is 0.263. The lowest BCUT2D eigenvalue weighted by Crippen LogP contribution is -2.30. The maximum atomic E-state index is 12.2. The summed E-state index contributed by atoms with van der Waals surface area (Å²) >= 11 is 0. The summed E-state index contributed by atoms with van der Waals surface area (Å²) in [7, 11) is 1.90. The lowest BCUT2D eigenvalue weighted by molar-refractivity contribution is -0.117. The molecule has 0 spiro atoms. The second kappa shape index (κ2) is 8.84. The Kier molecular flexibility index (Phi) is 6.51. The Morgan fingerprint density at radius 1 is 1.04 bits per heavy atom. The third kappa shape index (κ3) is 5.52. The molecule has 0 heterocycles. The molecule has 0 unspecified atom stereocenters. The van der Waals surface area contributed by atoms with Gasteiger partial charge < -0.3 is 10.6 Å². The molecule has 2 aromatic rings. The number of nitrogens with one attached hydrogen (secondary N) is 2. The van der Waals surface area contributed by atoms with Crippen LogP contribution in [0.5, 0.6) is 0 Å². The van der Waals surface area contributed by atoms with Gasteiger partial charge in [0, 0.05) is 24.3 Å². The van der Waals surface area contributed by atoms with Crippen LogP contribution in [0, 0.1) is 0 Å². The van der Waals surface area contributed by atoms with E-state index in [1.165, 1.54) is 0 Å². The van der Waals surface area contributed by atoms with E-state index in [2.05, 4.69) is 10.6 Å². The minimum absolute atomic E-state index is 0.110. The first-order valence-electron chi connectivity index (χ1n) is 7.99. The average Bonchev–Trinajstić information content (AvgIpc) is 2.56. The number of hydrogen-bond donors (Lipinski definition) is 2. The topological polar surface area (TPSA) is 61.4 Å². The number of rotatable bonds is 7. The van der Waals surface area contributed by atoms with Crippen LogP contribution in [-0.2, 0) is 11.3 Å². The molecule has 0 aliphatic rings. The number of anilines is 1. The summed E-state index contributed by atoms with van der Waals surface area (Å²) in [6.45, 7) is 3.42. The zero-order valence-corrected chi connectivity index (χ0v) is 14.1. The lowest BCUT2D eigenvalue weighted by atomic mass is 10.2. The van der Waals surface area contributed by atoms with Crippen molar-refractivity contribution in [2.75, 3.05) is 25.5 Å². The van der Waals surface area contributed by atoms with Gasteiger partial charge in [0.15, 0.2) is 0 Å². The summed E-state index contributed by atoms with van der Waals surface area (Å²) in [5.41, 5.74) is 2.31. The van der Waals surface area contributed by atoms with Crippen molar-refractivity contribution in [3.63, 3.8) is 0 Å². The van der Waals surface area contributed by atoms with Gasteiger partial charge in [-0.2, -0.15) is 0 Å². The predicted octanol–water partition coefficient (Wildman–Crippen LogP) is 2.51. The number of nitrogens with zero attached hydrogens (tertiary/aromatic N) is 1. The summed E-state index contributed by atoms with van der Waals surface area (Å²) in [6, 6.07) is 16.9. The first kappa shape index (κ1) is 17.7. The molecule has 0 fully saturated rings. The SMILES string of the molecule is CCNC(=O)c1cccc(NC(=O)CN(C)Cc2ccccc2)c1. The minimum Gasteiger partial charge on any atom is -0.352 e. The van der Waals surface area contributed by atoms with Crippen molar-refractivity contribution in [3.8, 4) is 0 Å². The summed E-state index contributed by atoms with van der Waals surface area (Å²) in [5, 5.41) is 5.58. The molecule has 0 saturated carbocycles. The summed E-state index contributed by atoms with van der Waals surface area (Å²) in [5.74, 6) is -0.253. The lowest BCUT2D eigenvalue weighted by Gasteiger charge is -2.16. The van der Waals surface area contributed by atoms with Crippen molar-refractivity contribution in [2.45, 2.75) is 13.5 Å². The Morgan fingerprint density at radius 2 is 1.79 bits per heavy atom. The third-order valence-corrected chi connectivity index (χ3v) is 3.45. The maximum absolute atomic E-state index is 12.2. The molecule has 0 aliphatic carbocycles. The number of benzene rings is 2. The summed E-state index contributed by atoms with van der Waals surface area (Å²) < 4.78 is 0. The number of carbonyl (C=O) groups excluding carboxylic acids is 2. The fourth-order valence-electron chi connectivity index (χ4n) is 2.40. The van der Waals surface area contributed by atoms with Gasteiger partial charge in [-0.05, 0) is 37.7 Å². The van der Waals surface area contributed by atoms with Crippen molar-refractivity contribution in [1.82, 2.24) is 10.2 Å². The van der Waals surface area contributed by atoms with Crippen LogP contribution in [0.25, 0.3) is 0 Å². The molecular formula is C19H23N3O2. The summed E-state index contributed by atoms with van der Waals surface area (Å²) in [6.07, 6.45) is 0. The van der Waals surface area contributed by atoms with Crippen LogP contribution in [0.15, 0.2) is 54.6 Å². The molecule has 5 heteroatoms. The number of amides is 2. The van der Waals surface area contributed by atoms with E-state index in [1.54, 1.807) is 24.3 Å². The molecule has 2 aromatic carbocycles. The Labute approximate surface area is 142 Å². The highest BCUT2D eigenvalue weighted by atomic mass is 16.2. The van der Waals surface area contributed by atoms with E-state index in [0.717, 1.165) is 5.56 Å². The number of likely N-dealkylation sites (N-methyl/N-ethyl adjacent to an activating group) is 1. The molecule has 0 aliphatic heterocycles. The fourth-order valence-corrected chi connectivity index (χ4v) is 2.40. The molecular weight excluding hydrogens is 302 g/mol. The largest absolute Gasteiger partial charge is 0.352 e. The van der Waals surface area contributed by atoms with E-state index in [9.17, 15) is 9.59 Å². The van der Waals surface area contributed by atoms with Crippen LogP contribution in [0.2, 0.25) is 0 Å². The molecule has 2 N–H and O–H groups in total. The van der Waals surface area contributed by atoms with Gasteiger partial charge in [0.05, 0.1) is 6.54 Å². The minimum atomic E-state index is -0.144. The van der Waals surface area contributed by atoms with Gasteiger partial charge >= 0.3 is 0 Å². The average molecular weight is 325 g/mol. The van der Waals surface area contributed by atoms with Gasteiger partial charge in [-0.15, -0.1) is 0 Å². The molecule has 126 valence electrons.